The molecule has 5 heteroatoms. The maximum Gasteiger partial charge on any atom is 0.253 e. The van der Waals surface area contributed by atoms with Crippen LogP contribution in [0.4, 0.5) is 4.39 Å². The lowest BCUT2D eigenvalue weighted by Crippen LogP contribution is -2.48. The van der Waals surface area contributed by atoms with Gasteiger partial charge in [0.05, 0.1) is 0 Å². The van der Waals surface area contributed by atoms with Crippen molar-refractivity contribution in [2.75, 3.05) is 26.2 Å². The number of ether oxygens (including phenoxy) is 1. The summed E-state index contributed by atoms with van der Waals surface area (Å²) in [6.45, 7) is 7.79. The third-order valence-corrected chi connectivity index (χ3v) is 5.92. The molecule has 1 fully saturated rings. The Morgan fingerprint density at radius 2 is 1.72 bits per heavy atom. The number of rotatable bonds is 6. The van der Waals surface area contributed by atoms with Crippen LogP contribution in [0, 0.1) is 19.7 Å². The van der Waals surface area contributed by atoms with Crippen LogP contribution in [0.15, 0.2) is 66.7 Å². The molecule has 32 heavy (non-hydrogen) atoms. The first-order chi connectivity index (χ1) is 15.5. The highest BCUT2D eigenvalue weighted by molar-refractivity contribution is 5.94. The largest absolute Gasteiger partial charge is 0.489 e. The number of carbonyl (C=O) groups is 1. The molecule has 0 bridgehead atoms. The average Bonchev–Trinajstić information content (AvgIpc) is 2.81. The topological polar surface area (TPSA) is 32.8 Å². The molecule has 0 aliphatic carbocycles. The number of hydrogen-bond acceptors (Lipinski definition) is 3. The van der Waals surface area contributed by atoms with E-state index >= 15 is 0 Å². The number of hydrogen-bond donors (Lipinski definition) is 0. The van der Waals surface area contributed by atoms with Crippen molar-refractivity contribution in [3.63, 3.8) is 0 Å². The van der Waals surface area contributed by atoms with Gasteiger partial charge in [-0.15, -0.1) is 0 Å². The van der Waals surface area contributed by atoms with Crippen molar-refractivity contribution in [2.24, 2.45) is 0 Å². The summed E-state index contributed by atoms with van der Waals surface area (Å²) in [6.07, 6.45) is 0. The Kier molecular flexibility index (Phi) is 6.86. The van der Waals surface area contributed by atoms with Crippen LogP contribution in [-0.2, 0) is 13.2 Å². The third kappa shape index (κ3) is 5.35. The Labute approximate surface area is 189 Å². The van der Waals surface area contributed by atoms with E-state index in [1.54, 1.807) is 6.07 Å². The SMILES string of the molecule is Cc1ccc(C)c(OCc2cccc(C(=O)N3CCN(Cc4ccccc4F)CC3)c2)c1. The van der Waals surface area contributed by atoms with Gasteiger partial charge in [0.15, 0.2) is 0 Å². The minimum atomic E-state index is -0.175. The van der Waals surface area contributed by atoms with Gasteiger partial charge in [0, 0.05) is 43.9 Å². The number of nitrogens with zero attached hydrogens (tertiary/aromatic N) is 2. The molecule has 1 saturated heterocycles. The van der Waals surface area contributed by atoms with Gasteiger partial charge < -0.3 is 9.64 Å². The quantitative estimate of drug-likeness (QED) is 0.551. The first kappa shape index (κ1) is 22.0. The molecule has 1 amide bonds. The predicted octanol–water partition coefficient (Wildman–Crippen LogP) is 4.98. The molecule has 0 aromatic heterocycles. The number of piperazine rings is 1. The highest BCUT2D eigenvalue weighted by Crippen LogP contribution is 2.21. The smallest absolute Gasteiger partial charge is 0.253 e. The first-order valence-electron chi connectivity index (χ1n) is 11.0. The first-order valence-corrected chi connectivity index (χ1v) is 11.0. The minimum Gasteiger partial charge on any atom is -0.489 e. The zero-order valence-corrected chi connectivity index (χ0v) is 18.7. The fourth-order valence-corrected chi connectivity index (χ4v) is 3.98. The Balaban J connectivity index is 1.34. The van der Waals surface area contributed by atoms with Crippen LogP contribution < -0.4 is 4.74 Å². The van der Waals surface area contributed by atoms with Crippen LogP contribution in [-0.4, -0.2) is 41.9 Å². The lowest BCUT2D eigenvalue weighted by atomic mass is 10.1. The Hall–Kier alpha value is -3.18. The molecule has 0 atom stereocenters. The van der Waals surface area contributed by atoms with Gasteiger partial charge >= 0.3 is 0 Å². The molecule has 0 radical (unpaired) electrons. The van der Waals surface area contributed by atoms with E-state index in [0.717, 1.165) is 35.5 Å². The summed E-state index contributed by atoms with van der Waals surface area (Å²) in [5.41, 5.74) is 4.59. The summed E-state index contributed by atoms with van der Waals surface area (Å²) in [7, 11) is 0. The minimum absolute atomic E-state index is 0.0316. The zero-order chi connectivity index (χ0) is 22.5. The molecule has 0 N–H and O–H groups in total. The highest BCUT2D eigenvalue weighted by atomic mass is 19.1. The number of carbonyl (C=O) groups excluding carboxylic acids is 1. The lowest BCUT2D eigenvalue weighted by molar-refractivity contribution is 0.0627. The van der Waals surface area contributed by atoms with Gasteiger partial charge in [0.25, 0.3) is 5.91 Å². The fourth-order valence-electron chi connectivity index (χ4n) is 3.98. The van der Waals surface area contributed by atoms with Crippen LogP contribution >= 0.6 is 0 Å². The van der Waals surface area contributed by atoms with Crippen LogP contribution in [0.25, 0.3) is 0 Å². The molecule has 166 valence electrons. The van der Waals surface area contributed by atoms with Gasteiger partial charge in [0.2, 0.25) is 0 Å². The second-order valence-corrected chi connectivity index (χ2v) is 8.42. The van der Waals surface area contributed by atoms with Crippen molar-refractivity contribution < 1.29 is 13.9 Å². The summed E-state index contributed by atoms with van der Waals surface area (Å²) in [5.74, 6) is 0.725. The van der Waals surface area contributed by atoms with Crippen molar-refractivity contribution >= 4 is 5.91 Å². The molecule has 1 heterocycles. The van der Waals surface area contributed by atoms with E-state index in [2.05, 4.69) is 17.0 Å². The normalized spacial score (nSPS) is 14.4. The third-order valence-electron chi connectivity index (χ3n) is 5.92. The molecule has 3 aromatic rings. The van der Waals surface area contributed by atoms with E-state index in [1.165, 1.54) is 6.07 Å². The number of benzene rings is 3. The monoisotopic (exact) mass is 432 g/mol. The summed E-state index contributed by atoms with van der Waals surface area (Å²) in [5, 5.41) is 0. The molecular formula is C27H29FN2O2. The van der Waals surface area contributed by atoms with Gasteiger partial charge in [-0.25, -0.2) is 4.39 Å². The van der Waals surface area contributed by atoms with E-state index in [-0.39, 0.29) is 11.7 Å². The molecule has 4 nitrogen and oxygen atoms in total. The second kappa shape index (κ2) is 9.96. The van der Waals surface area contributed by atoms with Crippen molar-refractivity contribution in [3.05, 3.63) is 100 Å². The van der Waals surface area contributed by atoms with Gasteiger partial charge in [-0.1, -0.05) is 42.5 Å². The number of amides is 1. The van der Waals surface area contributed by atoms with E-state index in [0.29, 0.717) is 37.4 Å². The molecule has 1 aliphatic rings. The van der Waals surface area contributed by atoms with Gasteiger partial charge in [-0.2, -0.15) is 0 Å². The predicted molar refractivity (Wildman–Crippen MR) is 124 cm³/mol. The molecule has 0 spiro atoms. The van der Waals surface area contributed by atoms with Crippen LogP contribution in [0.1, 0.15) is 32.6 Å². The molecule has 4 rings (SSSR count). The fraction of sp³-hybridized carbons (Fsp3) is 0.296. The Morgan fingerprint density at radius 1 is 0.938 bits per heavy atom. The van der Waals surface area contributed by atoms with Crippen molar-refractivity contribution in [1.82, 2.24) is 9.80 Å². The van der Waals surface area contributed by atoms with Crippen molar-refractivity contribution in [2.45, 2.75) is 27.0 Å². The van der Waals surface area contributed by atoms with E-state index in [9.17, 15) is 9.18 Å². The Morgan fingerprint density at radius 3 is 2.50 bits per heavy atom. The average molecular weight is 433 g/mol. The maximum atomic E-state index is 13.9. The van der Waals surface area contributed by atoms with Crippen LogP contribution in [0.3, 0.4) is 0 Å². The molecule has 1 aliphatic heterocycles. The highest BCUT2D eigenvalue weighted by Gasteiger charge is 2.23. The lowest BCUT2D eigenvalue weighted by Gasteiger charge is -2.35. The standard InChI is InChI=1S/C27H29FN2O2/c1-20-10-11-21(2)26(16-20)32-19-22-6-5-8-23(17-22)27(31)30-14-12-29(13-15-30)18-24-7-3-4-9-25(24)28/h3-11,16-17H,12-15,18-19H2,1-2H3. The maximum absolute atomic E-state index is 13.9. The van der Waals surface area contributed by atoms with Crippen molar-refractivity contribution in [1.29, 1.82) is 0 Å². The van der Waals surface area contributed by atoms with E-state index < -0.39 is 0 Å². The summed E-state index contributed by atoms with van der Waals surface area (Å²) in [6, 6.07) is 20.7. The van der Waals surface area contributed by atoms with Crippen molar-refractivity contribution in [3.8, 4) is 5.75 Å². The summed E-state index contributed by atoms with van der Waals surface area (Å²) < 4.78 is 19.9. The second-order valence-electron chi connectivity index (χ2n) is 8.42. The summed E-state index contributed by atoms with van der Waals surface area (Å²) in [4.78, 5) is 17.1. The van der Waals surface area contributed by atoms with E-state index in [4.69, 9.17) is 4.74 Å². The van der Waals surface area contributed by atoms with Crippen LogP contribution in [0.5, 0.6) is 5.75 Å². The molecular weight excluding hydrogens is 403 g/mol. The molecule has 0 saturated carbocycles. The van der Waals surface area contributed by atoms with Crippen LogP contribution in [0.2, 0.25) is 0 Å². The van der Waals surface area contributed by atoms with Gasteiger partial charge in [-0.3, -0.25) is 9.69 Å². The Bertz CT molecular complexity index is 1090. The van der Waals surface area contributed by atoms with E-state index in [1.807, 2.05) is 61.2 Å². The van der Waals surface area contributed by atoms with Gasteiger partial charge in [-0.05, 0) is 54.8 Å². The number of halogens is 1. The zero-order valence-electron chi connectivity index (χ0n) is 18.7. The molecule has 0 unspecified atom stereocenters. The van der Waals surface area contributed by atoms with Gasteiger partial charge in [0.1, 0.15) is 18.2 Å². The number of aryl methyl sites for hydroxylation is 2. The molecule has 3 aromatic carbocycles. The summed E-state index contributed by atoms with van der Waals surface area (Å²) >= 11 is 0.